The van der Waals surface area contributed by atoms with Crippen molar-refractivity contribution in [1.82, 2.24) is 4.98 Å². The molecule has 2 saturated carbocycles. The normalized spacial score (nSPS) is 22.0. The van der Waals surface area contributed by atoms with Crippen LogP contribution in [0.2, 0.25) is 0 Å². The summed E-state index contributed by atoms with van der Waals surface area (Å²) in [6, 6.07) is 11.5. The number of para-hydroxylation sites is 1. The number of oxime groups is 1. The number of rotatable bonds is 9. The quantitative estimate of drug-likeness (QED) is 0.338. The monoisotopic (exact) mass is 412 g/mol. The number of nitrogens with zero attached hydrogens (tertiary/aromatic N) is 2. The van der Waals surface area contributed by atoms with Crippen molar-refractivity contribution in [3.05, 3.63) is 54.0 Å². The fraction of sp³-hybridized carbons (Fsp3) is 0.435. The van der Waals surface area contributed by atoms with E-state index in [-0.39, 0.29) is 35.7 Å². The van der Waals surface area contributed by atoms with Gasteiger partial charge in [-0.3, -0.25) is 4.79 Å². The molecule has 2 aliphatic carbocycles. The van der Waals surface area contributed by atoms with Gasteiger partial charge >= 0.3 is 5.97 Å². The second-order valence-corrected chi connectivity index (χ2v) is 8.43. The molecule has 1 aromatic carbocycles. The maximum atomic E-state index is 14.0. The lowest BCUT2D eigenvalue weighted by Crippen LogP contribution is -2.11. The van der Waals surface area contributed by atoms with E-state index in [0.29, 0.717) is 24.0 Å². The van der Waals surface area contributed by atoms with Gasteiger partial charge in [-0.15, -0.1) is 0 Å². The standard InChI is InChI=1S/C23H25FN2O4/c1-23(2)18(12-25-29-13-15-8-9-15)20(23)22(27)28-14-16-10-11-19(24)21(26-16)30-17-6-4-3-5-7-17/h3-7,10-12,15,18,20H,8-9,13-14H2,1-2H3. The lowest BCUT2D eigenvalue weighted by molar-refractivity contribution is -0.147. The third kappa shape index (κ3) is 4.78. The Morgan fingerprint density at radius 3 is 2.73 bits per heavy atom. The number of hydrogen-bond donors (Lipinski definition) is 0. The maximum Gasteiger partial charge on any atom is 0.310 e. The van der Waals surface area contributed by atoms with E-state index in [1.54, 1.807) is 30.5 Å². The zero-order chi connectivity index (χ0) is 21.1. The van der Waals surface area contributed by atoms with E-state index in [0.717, 1.165) is 0 Å². The fourth-order valence-corrected chi connectivity index (χ4v) is 3.40. The van der Waals surface area contributed by atoms with Crippen LogP contribution in [0.15, 0.2) is 47.6 Å². The predicted octanol–water partition coefficient (Wildman–Crippen LogP) is 4.74. The van der Waals surface area contributed by atoms with Gasteiger partial charge in [-0.05, 0) is 48.4 Å². The zero-order valence-corrected chi connectivity index (χ0v) is 17.1. The Labute approximate surface area is 175 Å². The highest BCUT2D eigenvalue weighted by molar-refractivity contribution is 5.85. The first-order chi connectivity index (χ1) is 14.4. The van der Waals surface area contributed by atoms with Crippen LogP contribution in [0, 0.1) is 29.0 Å². The topological polar surface area (TPSA) is 70.0 Å². The zero-order valence-electron chi connectivity index (χ0n) is 17.1. The molecule has 0 saturated heterocycles. The Morgan fingerprint density at radius 2 is 2.00 bits per heavy atom. The highest BCUT2D eigenvalue weighted by atomic mass is 19.1. The van der Waals surface area contributed by atoms with Crippen LogP contribution in [0.5, 0.6) is 11.6 Å². The van der Waals surface area contributed by atoms with Crippen molar-refractivity contribution in [3.8, 4) is 11.6 Å². The number of ether oxygens (including phenoxy) is 2. The number of pyridine rings is 1. The molecule has 2 atom stereocenters. The van der Waals surface area contributed by atoms with Crippen molar-refractivity contribution in [2.75, 3.05) is 6.61 Å². The minimum absolute atomic E-state index is 0.0256. The molecule has 4 rings (SSSR count). The minimum Gasteiger partial charge on any atom is -0.459 e. The third-order valence-corrected chi connectivity index (χ3v) is 5.66. The lowest BCUT2D eigenvalue weighted by Gasteiger charge is -2.09. The van der Waals surface area contributed by atoms with Crippen molar-refractivity contribution < 1.29 is 23.5 Å². The van der Waals surface area contributed by atoms with Crippen molar-refractivity contribution in [3.63, 3.8) is 0 Å². The summed E-state index contributed by atoms with van der Waals surface area (Å²) < 4.78 is 24.9. The molecule has 2 fully saturated rings. The summed E-state index contributed by atoms with van der Waals surface area (Å²) >= 11 is 0. The molecule has 30 heavy (non-hydrogen) atoms. The second-order valence-electron chi connectivity index (χ2n) is 8.43. The van der Waals surface area contributed by atoms with Crippen LogP contribution in [0.3, 0.4) is 0 Å². The van der Waals surface area contributed by atoms with E-state index < -0.39 is 5.82 Å². The average molecular weight is 412 g/mol. The van der Waals surface area contributed by atoms with Crippen molar-refractivity contribution in [1.29, 1.82) is 0 Å². The summed E-state index contributed by atoms with van der Waals surface area (Å²) in [5.41, 5.74) is 0.175. The summed E-state index contributed by atoms with van der Waals surface area (Å²) in [6.45, 7) is 4.58. The molecule has 0 bridgehead atoms. The molecule has 6 nitrogen and oxygen atoms in total. The van der Waals surface area contributed by atoms with Gasteiger partial charge < -0.3 is 14.3 Å². The van der Waals surface area contributed by atoms with Crippen LogP contribution in [0.1, 0.15) is 32.4 Å². The van der Waals surface area contributed by atoms with Gasteiger partial charge in [0.2, 0.25) is 0 Å². The van der Waals surface area contributed by atoms with Crippen molar-refractivity contribution >= 4 is 12.2 Å². The molecule has 2 aliphatic rings. The minimum atomic E-state index is -0.584. The van der Waals surface area contributed by atoms with Gasteiger partial charge in [0.1, 0.15) is 19.0 Å². The molecule has 0 aliphatic heterocycles. The van der Waals surface area contributed by atoms with E-state index in [1.165, 1.54) is 25.0 Å². The number of carbonyl (C=O) groups excluding carboxylic acids is 1. The predicted molar refractivity (Wildman–Crippen MR) is 108 cm³/mol. The van der Waals surface area contributed by atoms with E-state index in [1.807, 2.05) is 19.9 Å². The first-order valence-corrected chi connectivity index (χ1v) is 10.2. The van der Waals surface area contributed by atoms with Crippen LogP contribution in [0.4, 0.5) is 4.39 Å². The second kappa shape index (κ2) is 8.42. The number of esters is 1. The van der Waals surface area contributed by atoms with Gasteiger partial charge in [-0.25, -0.2) is 9.37 Å². The highest BCUT2D eigenvalue weighted by Crippen LogP contribution is 2.57. The van der Waals surface area contributed by atoms with Gasteiger partial charge in [0.25, 0.3) is 5.88 Å². The van der Waals surface area contributed by atoms with E-state index in [9.17, 15) is 9.18 Å². The number of aromatic nitrogens is 1. The van der Waals surface area contributed by atoms with Crippen LogP contribution in [-0.4, -0.2) is 23.8 Å². The lowest BCUT2D eigenvalue weighted by atomic mass is 10.1. The molecular formula is C23H25FN2O4. The molecule has 1 heterocycles. The number of hydrogen-bond acceptors (Lipinski definition) is 6. The Morgan fingerprint density at radius 1 is 1.23 bits per heavy atom. The molecule has 158 valence electrons. The SMILES string of the molecule is CC1(C)C(C=NOCC2CC2)C1C(=O)OCc1ccc(F)c(Oc2ccccc2)n1. The van der Waals surface area contributed by atoms with Crippen LogP contribution in [-0.2, 0) is 21.0 Å². The maximum absolute atomic E-state index is 14.0. The summed E-state index contributed by atoms with van der Waals surface area (Å²) in [6.07, 6.45) is 4.11. The van der Waals surface area contributed by atoms with Crippen molar-refractivity contribution in [2.24, 2.45) is 28.3 Å². The molecule has 0 spiro atoms. The third-order valence-electron chi connectivity index (χ3n) is 5.66. The average Bonchev–Trinajstić information content (AvgIpc) is 3.63. The number of benzene rings is 1. The Bertz CT molecular complexity index is 928. The molecule has 2 aromatic rings. The van der Waals surface area contributed by atoms with E-state index >= 15 is 0 Å². The van der Waals surface area contributed by atoms with Crippen molar-refractivity contribution in [2.45, 2.75) is 33.3 Å². The van der Waals surface area contributed by atoms with Gasteiger partial charge in [0, 0.05) is 12.1 Å². The summed E-state index contributed by atoms with van der Waals surface area (Å²) in [7, 11) is 0. The summed E-state index contributed by atoms with van der Waals surface area (Å²) in [5.74, 6) is -0.263. The van der Waals surface area contributed by atoms with Gasteiger partial charge in [-0.1, -0.05) is 37.2 Å². The first kappa shape index (κ1) is 20.3. The van der Waals surface area contributed by atoms with Gasteiger partial charge in [-0.2, -0.15) is 0 Å². The number of halogens is 1. The Kier molecular flexibility index (Phi) is 5.70. The molecule has 0 radical (unpaired) electrons. The van der Waals surface area contributed by atoms with E-state index in [2.05, 4.69) is 10.1 Å². The molecule has 7 heteroatoms. The molecule has 1 aromatic heterocycles. The molecule has 2 unspecified atom stereocenters. The first-order valence-electron chi connectivity index (χ1n) is 10.2. The highest BCUT2D eigenvalue weighted by Gasteiger charge is 2.62. The molecular weight excluding hydrogens is 387 g/mol. The fourth-order valence-electron chi connectivity index (χ4n) is 3.40. The largest absolute Gasteiger partial charge is 0.459 e. The Hall–Kier alpha value is -2.96. The van der Waals surface area contributed by atoms with E-state index in [4.69, 9.17) is 14.3 Å². The smallest absolute Gasteiger partial charge is 0.310 e. The van der Waals surface area contributed by atoms with Crippen LogP contribution < -0.4 is 4.74 Å². The summed E-state index contributed by atoms with van der Waals surface area (Å²) in [5, 5.41) is 4.02. The van der Waals surface area contributed by atoms with Crippen LogP contribution >= 0.6 is 0 Å². The van der Waals surface area contributed by atoms with Gasteiger partial charge in [0.05, 0.1) is 11.6 Å². The Balaban J connectivity index is 1.31. The number of carbonyl (C=O) groups is 1. The van der Waals surface area contributed by atoms with Gasteiger partial charge in [0.15, 0.2) is 5.82 Å². The molecule has 0 N–H and O–H groups in total. The summed E-state index contributed by atoms with van der Waals surface area (Å²) in [4.78, 5) is 22.0. The van der Waals surface area contributed by atoms with Crippen LogP contribution in [0.25, 0.3) is 0 Å². The molecule has 0 amide bonds.